The maximum atomic E-state index is 5.85. The molecule has 3 nitrogen and oxygen atoms in total. The minimum Gasteiger partial charge on any atom is -0.364 e. The number of alkyl halides is 1. The molecular weight excluding hydrogens is 186 g/mol. The maximum Gasteiger partial charge on any atom is 0.129 e. The van der Waals surface area contributed by atoms with Crippen LogP contribution in [0.2, 0.25) is 0 Å². The number of nitrogens with one attached hydrogen (secondary N) is 1. The summed E-state index contributed by atoms with van der Waals surface area (Å²) in [6.45, 7) is 4.17. The first-order valence-electron chi connectivity index (χ1n) is 4.30. The van der Waals surface area contributed by atoms with Crippen LogP contribution in [-0.4, -0.2) is 21.4 Å². The highest BCUT2D eigenvalue weighted by Crippen LogP contribution is 2.17. The molecule has 0 aliphatic heterocycles. The summed E-state index contributed by atoms with van der Waals surface area (Å²) in [4.78, 5) is 7.92. The summed E-state index contributed by atoms with van der Waals surface area (Å²) in [7, 11) is 0. The van der Waals surface area contributed by atoms with Gasteiger partial charge in [-0.05, 0) is 19.4 Å². The van der Waals surface area contributed by atoms with Crippen molar-refractivity contribution in [1.29, 1.82) is 0 Å². The first-order valence-corrected chi connectivity index (χ1v) is 4.84. The van der Waals surface area contributed by atoms with Gasteiger partial charge in [0.25, 0.3) is 0 Å². The Labute approximate surface area is 83.5 Å². The molecule has 0 saturated heterocycles. The maximum absolute atomic E-state index is 5.85. The zero-order chi connectivity index (χ0) is 9.73. The Hall–Kier alpha value is -0.830. The van der Waals surface area contributed by atoms with Crippen LogP contribution in [0.4, 0.5) is 5.82 Å². The van der Waals surface area contributed by atoms with Crippen LogP contribution in [0.3, 0.4) is 0 Å². The molecule has 4 heteroatoms. The molecule has 0 bridgehead atoms. The molecule has 0 radical (unpaired) electrons. The standard InChI is InChI=1S/C9H14ClN3/c1-3-9(2,6-10)13-8-4-5-11-7-12-8/h4-5,7H,3,6H2,1-2H3,(H,11,12,13). The van der Waals surface area contributed by atoms with E-state index in [9.17, 15) is 0 Å². The van der Waals surface area contributed by atoms with Gasteiger partial charge in [0.15, 0.2) is 0 Å². The lowest BCUT2D eigenvalue weighted by Crippen LogP contribution is -2.36. The van der Waals surface area contributed by atoms with E-state index in [1.165, 1.54) is 6.33 Å². The second kappa shape index (κ2) is 4.42. The molecule has 1 aromatic heterocycles. The molecule has 1 unspecified atom stereocenters. The van der Waals surface area contributed by atoms with Crippen molar-refractivity contribution in [2.75, 3.05) is 11.2 Å². The molecule has 0 aliphatic rings. The fraction of sp³-hybridized carbons (Fsp3) is 0.556. The lowest BCUT2D eigenvalue weighted by molar-refractivity contribution is 0.551. The van der Waals surface area contributed by atoms with Crippen LogP contribution in [0.25, 0.3) is 0 Å². The number of hydrogen-bond acceptors (Lipinski definition) is 3. The SMILES string of the molecule is CCC(C)(CCl)Nc1ccncn1. The van der Waals surface area contributed by atoms with Crippen LogP contribution < -0.4 is 5.32 Å². The molecule has 1 N–H and O–H groups in total. The number of anilines is 1. The van der Waals surface area contributed by atoms with Gasteiger partial charge in [-0.3, -0.25) is 0 Å². The molecule has 0 fully saturated rings. The zero-order valence-corrected chi connectivity index (χ0v) is 8.67. The number of aromatic nitrogens is 2. The summed E-state index contributed by atoms with van der Waals surface area (Å²) in [6, 6.07) is 1.83. The summed E-state index contributed by atoms with van der Waals surface area (Å²) >= 11 is 5.85. The molecule has 0 spiro atoms. The molecule has 1 atom stereocenters. The third-order valence-corrected chi connectivity index (χ3v) is 2.68. The highest BCUT2D eigenvalue weighted by molar-refractivity contribution is 6.18. The van der Waals surface area contributed by atoms with Gasteiger partial charge in [0.2, 0.25) is 0 Å². The third-order valence-electron chi connectivity index (χ3n) is 2.09. The lowest BCUT2D eigenvalue weighted by atomic mass is 10.0. The molecule has 13 heavy (non-hydrogen) atoms. The number of nitrogens with zero attached hydrogens (tertiary/aromatic N) is 2. The fourth-order valence-electron chi connectivity index (χ4n) is 0.890. The van der Waals surface area contributed by atoms with E-state index in [4.69, 9.17) is 11.6 Å². The predicted molar refractivity (Wildman–Crippen MR) is 55.1 cm³/mol. The second-order valence-electron chi connectivity index (χ2n) is 3.27. The van der Waals surface area contributed by atoms with Crippen molar-refractivity contribution in [3.63, 3.8) is 0 Å². The highest BCUT2D eigenvalue weighted by atomic mass is 35.5. The minimum atomic E-state index is -0.0874. The van der Waals surface area contributed by atoms with E-state index >= 15 is 0 Å². The van der Waals surface area contributed by atoms with Gasteiger partial charge in [-0.25, -0.2) is 9.97 Å². The van der Waals surface area contributed by atoms with Crippen molar-refractivity contribution < 1.29 is 0 Å². The Morgan fingerprint density at radius 2 is 2.38 bits per heavy atom. The van der Waals surface area contributed by atoms with Crippen LogP contribution >= 0.6 is 11.6 Å². The molecule has 1 heterocycles. The highest BCUT2D eigenvalue weighted by Gasteiger charge is 2.20. The van der Waals surface area contributed by atoms with Crippen molar-refractivity contribution >= 4 is 17.4 Å². The Morgan fingerprint density at radius 1 is 1.62 bits per heavy atom. The van der Waals surface area contributed by atoms with Crippen LogP contribution in [-0.2, 0) is 0 Å². The van der Waals surface area contributed by atoms with Crippen molar-refractivity contribution in [3.05, 3.63) is 18.6 Å². The van der Waals surface area contributed by atoms with Gasteiger partial charge in [-0.1, -0.05) is 6.92 Å². The monoisotopic (exact) mass is 199 g/mol. The van der Waals surface area contributed by atoms with Crippen LogP contribution in [0.15, 0.2) is 18.6 Å². The molecule has 0 aromatic carbocycles. The fourth-order valence-corrected chi connectivity index (χ4v) is 1.15. The van der Waals surface area contributed by atoms with E-state index in [-0.39, 0.29) is 5.54 Å². The Bertz CT molecular complexity index is 246. The van der Waals surface area contributed by atoms with Crippen LogP contribution in [0.1, 0.15) is 20.3 Å². The van der Waals surface area contributed by atoms with Crippen molar-refractivity contribution in [2.45, 2.75) is 25.8 Å². The molecule has 0 amide bonds. The topological polar surface area (TPSA) is 37.8 Å². The van der Waals surface area contributed by atoms with E-state index in [1.54, 1.807) is 6.20 Å². The van der Waals surface area contributed by atoms with Crippen LogP contribution in [0, 0.1) is 0 Å². The quantitative estimate of drug-likeness (QED) is 0.757. The first kappa shape index (κ1) is 10.3. The number of hydrogen-bond donors (Lipinski definition) is 1. The average Bonchev–Trinajstić information content (AvgIpc) is 2.19. The van der Waals surface area contributed by atoms with Gasteiger partial charge in [0.05, 0.1) is 0 Å². The van der Waals surface area contributed by atoms with E-state index < -0.39 is 0 Å². The molecule has 72 valence electrons. The van der Waals surface area contributed by atoms with Crippen molar-refractivity contribution in [2.24, 2.45) is 0 Å². The van der Waals surface area contributed by atoms with Gasteiger partial charge in [-0.15, -0.1) is 11.6 Å². The Kier molecular flexibility index (Phi) is 3.48. The Balaban J connectivity index is 2.68. The smallest absolute Gasteiger partial charge is 0.129 e. The molecule has 0 aliphatic carbocycles. The largest absolute Gasteiger partial charge is 0.364 e. The molecular formula is C9H14ClN3. The normalized spacial score (nSPS) is 15.0. The van der Waals surface area contributed by atoms with E-state index in [0.717, 1.165) is 12.2 Å². The Morgan fingerprint density at radius 3 is 2.85 bits per heavy atom. The predicted octanol–water partition coefficient (Wildman–Crippen LogP) is 2.30. The summed E-state index contributed by atoms with van der Waals surface area (Å²) in [6.07, 6.45) is 4.19. The van der Waals surface area contributed by atoms with E-state index in [0.29, 0.717) is 5.88 Å². The summed E-state index contributed by atoms with van der Waals surface area (Å²) in [5.41, 5.74) is -0.0874. The van der Waals surface area contributed by atoms with Gasteiger partial charge >= 0.3 is 0 Å². The summed E-state index contributed by atoms with van der Waals surface area (Å²) in [5, 5.41) is 3.27. The summed E-state index contributed by atoms with van der Waals surface area (Å²) in [5.74, 6) is 1.38. The lowest BCUT2D eigenvalue weighted by Gasteiger charge is -2.27. The minimum absolute atomic E-state index is 0.0874. The molecule has 1 rings (SSSR count). The van der Waals surface area contributed by atoms with E-state index in [2.05, 4.69) is 29.1 Å². The number of rotatable bonds is 4. The third kappa shape index (κ3) is 2.84. The van der Waals surface area contributed by atoms with Crippen molar-refractivity contribution in [1.82, 2.24) is 9.97 Å². The summed E-state index contributed by atoms with van der Waals surface area (Å²) < 4.78 is 0. The van der Waals surface area contributed by atoms with Gasteiger partial charge < -0.3 is 5.32 Å². The first-order chi connectivity index (χ1) is 6.20. The van der Waals surface area contributed by atoms with Gasteiger partial charge in [0.1, 0.15) is 12.1 Å². The van der Waals surface area contributed by atoms with Gasteiger partial charge in [0, 0.05) is 17.6 Å². The zero-order valence-electron chi connectivity index (χ0n) is 7.92. The van der Waals surface area contributed by atoms with Crippen molar-refractivity contribution in [3.8, 4) is 0 Å². The average molecular weight is 200 g/mol. The molecule has 0 saturated carbocycles. The van der Waals surface area contributed by atoms with Crippen LogP contribution in [0.5, 0.6) is 0 Å². The van der Waals surface area contributed by atoms with E-state index in [1.807, 2.05) is 6.07 Å². The molecule has 1 aromatic rings. The van der Waals surface area contributed by atoms with Gasteiger partial charge in [-0.2, -0.15) is 0 Å². The number of halogens is 1. The second-order valence-corrected chi connectivity index (χ2v) is 3.53.